The Balaban J connectivity index is 1.81. The maximum Gasteiger partial charge on any atom is 0.234 e. The van der Waals surface area contributed by atoms with Crippen LogP contribution in [0.15, 0.2) is 5.16 Å². The molecule has 6 nitrogen and oxygen atoms in total. The van der Waals surface area contributed by atoms with Crippen LogP contribution < -0.4 is 11.1 Å². The summed E-state index contributed by atoms with van der Waals surface area (Å²) in [6, 6.07) is 0. The van der Waals surface area contributed by atoms with E-state index in [4.69, 9.17) is 15.7 Å². The van der Waals surface area contributed by atoms with Gasteiger partial charge in [-0.3, -0.25) is 4.79 Å². The Bertz CT molecular complexity index is 320. The van der Waals surface area contributed by atoms with E-state index >= 15 is 0 Å². The van der Waals surface area contributed by atoms with Gasteiger partial charge in [0, 0.05) is 13.2 Å². The molecule has 6 heteroatoms. The van der Waals surface area contributed by atoms with Crippen molar-refractivity contribution in [2.24, 2.45) is 16.3 Å². The minimum absolute atomic E-state index is 0.0135. The summed E-state index contributed by atoms with van der Waals surface area (Å²) in [5.74, 6) is -0.137. The smallest absolute Gasteiger partial charge is 0.234 e. The number of amides is 1. The van der Waals surface area contributed by atoms with E-state index in [-0.39, 0.29) is 17.8 Å². The topological polar surface area (TPSA) is 96.9 Å². The zero-order valence-corrected chi connectivity index (χ0v) is 9.82. The number of nitrogens with two attached hydrogens (primary N) is 1. The molecule has 1 atom stereocenters. The predicted molar refractivity (Wildman–Crippen MR) is 61.7 cm³/mol. The molecule has 2 fully saturated rings. The van der Waals surface area contributed by atoms with Gasteiger partial charge < -0.3 is 21.0 Å². The summed E-state index contributed by atoms with van der Waals surface area (Å²) in [6.07, 6.45) is 4.64. The maximum atomic E-state index is 11.9. The van der Waals surface area contributed by atoms with Gasteiger partial charge in [0.05, 0.1) is 6.10 Å². The quantitative estimate of drug-likeness (QED) is 0.283. The van der Waals surface area contributed by atoms with Crippen molar-refractivity contribution in [3.63, 3.8) is 0 Å². The molecule has 0 aromatic carbocycles. The van der Waals surface area contributed by atoms with E-state index in [0.717, 1.165) is 25.9 Å². The van der Waals surface area contributed by atoms with Gasteiger partial charge in [-0.05, 0) is 32.1 Å². The molecule has 1 saturated carbocycles. The van der Waals surface area contributed by atoms with Crippen molar-refractivity contribution < 1.29 is 14.7 Å². The van der Waals surface area contributed by atoms with Gasteiger partial charge in [0.1, 0.15) is 5.41 Å². The molecular weight excluding hydrogens is 222 g/mol. The van der Waals surface area contributed by atoms with E-state index in [1.54, 1.807) is 0 Å². The molecule has 4 N–H and O–H groups in total. The molecule has 96 valence electrons. The van der Waals surface area contributed by atoms with Crippen LogP contribution in [0.4, 0.5) is 0 Å². The molecule has 0 aromatic heterocycles. The molecule has 0 spiro atoms. The normalized spacial score (nSPS) is 27.5. The molecule has 0 bridgehead atoms. The molecule has 1 heterocycles. The molecule has 0 radical (unpaired) electrons. The molecular formula is C11H19N3O3. The SMILES string of the molecule is NC(=NO)C1(C(=O)NCC2CCCCO2)CC1. The van der Waals surface area contributed by atoms with Crippen LogP contribution in [0, 0.1) is 5.41 Å². The Hall–Kier alpha value is -1.30. The summed E-state index contributed by atoms with van der Waals surface area (Å²) < 4.78 is 5.52. The van der Waals surface area contributed by atoms with Crippen molar-refractivity contribution in [2.75, 3.05) is 13.2 Å². The van der Waals surface area contributed by atoms with E-state index < -0.39 is 5.41 Å². The van der Waals surface area contributed by atoms with Crippen LogP contribution >= 0.6 is 0 Å². The second-order valence-corrected chi connectivity index (χ2v) is 4.77. The summed E-state index contributed by atoms with van der Waals surface area (Å²) in [5, 5.41) is 14.4. The second kappa shape index (κ2) is 4.91. The first-order chi connectivity index (χ1) is 8.19. The van der Waals surface area contributed by atoms with Crippen molar-refractivity contribution in [1.82, 2.24) is 5.32 Å². The number of hydrogen-bond acceptors (Lipinski definition) is 4. The van der Waals surface area contributed by atoms with Gasteiger partial charge in [-0.2, -0.15) is 0 Å². The van der Waals surface area contributed by atoms with Gasteiger partial charge >= 0.3 is 0 Å². The Morgan fingerprint density at radius 1 is 1.53 bits per heavy atom. The average molecular weight is 241 g/mol. The first-order valence-corrected chi connectivity index (χ1v) is 6.07. The lowest BCUT2D eigenvalue weighted by Gasteiger charge is -2.23. The highest BCUT2D eigenvalue weighted by Gasteiger charge is 2.54. The third-order valence-corrected chi connectivity index (χ3v) is 3.55. The van der Waals surface area contributed by atoms with Crippen molar-refractivity contribution in [1.29, 1.82) is 0 Å². The van der Waals surface area contributed by atoms with Crippen LogP contribution in [-0.2, 0) is 9.53 Å². The predicted octanol–water partition coefficient (Wildman–Crippen LogP) is 0.198. The van der Waals surface area contributed by atoms with E-state index in [9.17, 15) is 4.79 Å². The van der Waals surface area contributed by atoms with Gasteiger partial charge in [-0.1, -0.05) is 5.16 Å². The molecule has 1 aliphatic heterocycles. The largest absolute Gasteiger partial charge is 0.409 e. The van der Waals surface area contributed by atoms with E-state index in [1.165, 1.54) is 0 Å². The summed E-state index contributed by atoms with van der Waals surface area (Å²) in [5.41, 5.74) is 4.77. The molecule has 17 heavy (non-hydrogen) atoms. The molecule has 1 saturated heterocycles. The Labute approximate surface area is 100 Å². The summed E-state index contributed by atoms with van der Waals surface area (Å²) in [6.45, 7) is 1.28. The lowest BCUT2D eigenvalue weighted by Crippen LogP contribution is -2.44. The van der Waals surface area contributed by atoms with Crippen molar-refractivity contribution >= 4 is 11.7 Å². The Kier molecular flexibility index (Phi) is 3.51. The molecule has 1 amide bonds. The lowest BCUT2D eigenvalue weighted by atomic mass is 10.0. The Morgan fingerprint density at radius 3 is 2.82 bits per heavy atom. The monoisotopic (exact) mass is 241 g/mol. The number of ether oxygens (including phenoxy) is 1. The van der Waals surface area contributed by atoms with Gasteiger partial charge in [0.2, 0.25) is 5.91 Å². The fourth-order valence-corrected chi connectivity index (χ4v) is 2.16. The van der Waals surface area contributed by atoms with Crippen LogP contribution in [-0.4, -0.2) is 36.2 Å². The van der Waals surface area contributed by atoms with Crippen molar-refractivity contribution in [2.45, 2.75) is 38.2 Å². The number of carbonyl (C=O) groups is 1. The van der Waals surface area contributed by atoms with Gasteiger partial charge in [-0.25, -0.2) is 0 Å². The minimum Gasteiger partial charge on any atom is -0.409 e. The zero-order valence-electron chi connectivity index (χ0n) is 9.82. The van der Waals surface area contributed by atoms with E-state index in [2.05, 4.69) is 10.5 Å². The van der Waals surface area contributed by atoms with Crippen LogP contribution in [0.5, 0.6) is 0 Å². The number of nitrogens with one attached hydrogen (secondary N) is 1. The first kappa shape index (κ1) is 12.2. The fourth-order valence-electron chi connectivity index (χ4n) is 2.16. The second-order valence-electron chi connectivity index (χ2n) is 4.77. The van der Waals surface area contributed by atoms with E-state index in [1.807, 2.05) is 0 Å². The Morgan fingerprint density at radius 2 is 2.29 bits per heavy atom. The third-order valence-electron chi connectivity index (χ3n) is 3.55. The highest BCUT2D eigenvalue weighted by molar-refractivity contribution is 6.09. The third kappa shape index (κ3) is 2.52. The molecule has 0 aromatic rings. The van der Waals surface area contributed by atoms with Gasteiger partial charge in [0.15, 0.2) is 5.84 Å². The zero-order chi connectivity index (χ0) is 12.3. The number of rotatable bonds is 4. The molecule has 2 aliphatic rings. The van der Waals surface area contributed by atoms with Gasteiger partial charge in [-0.15, -0.1) is 0 Å². The number of hydrogen-bond donors (Lipinski definition) is 3. The number of nitrogens with zero attached hydrogens (tertiary/aromatic N) is 1. The minimum atomic E-state index is -0.760. The number of oxime groups is 1. The highest BCUT2D eigenvalue weighted by atomic mass is 16.5. The van der Waals surface area contributed by atoms with Gasteiger partial charge in [0.25, 0.3) is 0 Å². The van der Waals surface area contributed by atoms with Crippen LogP contribution in [0.1, 0.15) is 32.1 Å². The summed E-state index contributed by atoms with van der Waals surface area (Å²) in [4.78, 5) is 11.9. The first-order valence-electron chi connectivity index (χ1n) is 6.07. The average Bonchev–Trinajstić information content (AvgIpc) is 3.17. The highest BCUT2D eigenvalue weighted by Crippen LogP contribution is 2.46. The fraction of sp³-hybridized carbons (Fsp3) is 0.818. The summed E-state index contributed by atoms with van der Waals surface area (Å²) in [7, 11) is 0. The van der Waals surface area contributed by atoms with Crippen molar-refractivity contribution in [3.05, 3.63) is 0 Å². The maximum absolute atomic E-state index is 11.9. The van der Waals surface area contributed by atoms with Crippen LogP contribution in [0.3, 0.4) is 0 Å². The van der Waals surface area contributed by atoms with Crippen LogP contribution in [0.2, 0.25) is 0 Å². The van der Waals surface area contributed by atoms with Crippen molar-refractivity contribution in [3.8, 4) is 0 Å². The van der Waals surface area contributed by atoms with Crippen LogP contribution in [0.25, 0.3) is 0 Å². The van der Waals surface area contributed by atoms with E-state index in [0.29, 0.717) is 19.4 Å². The summed E-state index contributed by atoms with van der Waals surface area (Å²) >= 11 is 0. The molecule has 1 unspecified atom stereocenters. The molecule has 1 aliphatic carbocycles. The molecule has 2 rings (SSSR count). The standard InChI is InChI=1S/C11H19N3O3/c12-9(14-16)11(4-5-11)10(15)13-7-8-3-1-2-6-17-8/h8,16H,1-7H2,(H2,12,14)(H,13,15). The lowest BCUT2D eigenvalue weighted by molar-refractivity contribution is -0.125. The number of carbonyl (C=O) groups excluding carboxylic acids is 1. The number of amidine groups is 1.